The molecule has 6 nitrogen and oxygen atoms in total. The Hall–Kier alpha value is -3.12. The van der Waals surface area contributed by atoms with Crippen LogP contribution in [0.5, 0.6) is 0 Å². The molecule has 0 saturated carbocycles. The van der Waals surface area contributed by atoms with Gasteiger partial charge in [0.2, 0.25) is 0 Å². The molecule has 0 saturated heterocycles. The van der Waals surface area contributed by atoms with E-state index >= 15 is 0 Å². The number of carbonyl (C=O) groups excluding carboxylic acids is 1. The van der Waals surface area contributed by atoms with Crippen molar-refractivity contribution in [2.24, 2.45) is 0 Å². The van der Waals surface area contributed by atoms with E-state index in [1.807, 2.05) is 42.5 Å². The van der Waals surface area contributed by atoms with E-state index < -0.39 is 0 Å². The van der Waals surface area contributed by atoms with Gasteiger partial charge in [0, 0.05) is 36.4 Å². The van der Waals surface area contributed by atoms with Crippen LogP contribution >= 0.6 is 11.6 Å². The van der Waals surface area contributed by atoms with Crippen LogP contribution in [-0.2, 0) is 0 Å². The molecule has 1 N–H and O–H groups in total. The van der Waals surface area contributed by atoms with Crippen LogP contribution in [0.1, 0.15) is 13.3 Å². The molecule has 0 aliphatic carbocycles. The summed E-state index contributed by atoms with van der Waals surface area (Å²) in [5.74, 6) is 0.656. The Labute approximate surface area is 175 Å². The van der Waals surface area contributed by atoms with Gasteiger partial charge in [0.1, 0.15) is 0 Å². The summed E-state index contributed by atoms with van der Waals surface area (Å²) in [6.07, 6.45) is 4.16. The van der Waals surface area contributed by atoms with Gasteiger partial charge >= 0.3 is 6.03 Å². The molecule has 29 heavy (non-hydrogen) atoms. The Balaban J connectivity index is 1.74. The number of hydrogen-bond donors (Lipinski definition) is 1. The molecule has 7 heteroatoms. The second-order valence-electron chi connectivity index (χ2n) is 6.81. The molecule has 148 valence electrons. The zero-order chi connectivity index (χ0) is 20.2. The highest BCUT2D eigenvalue weighted by Gasteiger charge is 2.26. The van der Waals surface area contributed by atoms with Gasteiger partial charge in [0.25, 0.3) is 0 Å². The lowest BCUT2D eigenvalue weighted by Crippen LogP contribution is -2.36. The van der Waals surface area contributed by atoms with Crippen LogP contribution in [-0.4, -0.2) is 35.6 Å². The molecule has 0 atom stereocenters. The molecule has 1 aliphatic heterocycles. The molecular weight excluding hydrogens is 386 g/mol. The van der Waals surface area contributed by atoms with Crippen LogP contribution in [0.25, 0.3) is 11.3 Å². The Morgan fingerprint density at radius 2 is 2.07 bits per heavy atom. The fourth-order valence-electron chi connectivity index (χ4n) is 3.49. The quantitative estimate of drug-likeness (QED) is 0.658. The zero-order valence-corrected chi connectivity index (χ0v) is 16.9. The summed E-state index contributed by atoms with van der Waals surface area (Å²) < 4.78 is 0. The number of hydrogen-bond acceptors (Lipinski definition) is 4. The fourth-order valence-corrected chi connectivity index (χ4v) is 3.69. The molecule has 0 fully saturated rings. The summed E-state index contributed by atoms with van der Waals surface area (Å²) in [6.45, 7) is 4.42. The van der Waals surface area contributed by atoms with Gasteiger partial charge < -0.3 is 10.2 Å². The number of nitrogens with one attached hydrogen (secondary N) is 1. The molecule has 0 radical (unpaired) electrons. The van der Waals surface area contributed by atoms with Crippen molar-refractivity contribution < 1.29 is 4.79 Å². The lowest BCUT2D eigenvalue weighted by Gasteiger charge is -2.25. The number of rotatable bonds is 3. The summed E-state index contributed by atoms with van der Waals surface area (Å²) in [6, 6.07) is 15.0. The molecule has 0 spiro atoms. The number of amides is 2. The summed E-state index contributed by atoms with van der Waals surface area (Å²) in [4.78, 5) is 26.0. The van der Waals surface area contributed by atoms with Gasteiger partial charge in [-0.2, -0.15) is 0 Å². The summed E-state index contributed by atoms with van der Waals surface area (Å²) >= 11 is 6.16. The average Bonchev–Trinajstić information content (AvgIpc) is 2.93. The highest BCUT2D eigenvalue weighted by Crippen LogP contribution is 2.34. The third-order valence-corrected chi connectivity index (χ3v) is 5.16. The standard InChI is InChI=1S/C22H22ClN5O/c1-2-27-12-5-13-28(22(29)25-18-8-4-11-24-15-18)21-20(27)10-9-19(26-21)16-6-3-7-17(23)14-16/h3-4,6-11,14-15H,2,5,12-13H2,1H3,(H,25,29). The number of carbonyl (C=O) groups is 1. The van der Waals surface area contributed by atoms with E-state index in [2.05, 4.69) is 22.1 Å². The van der Waals surface area contributed by atoms with E-state index in [9.17, 15) is 4.79 Å². The Kier molecular flexibility index (Phi) is 5.62. The number of nitrogens with zero attached hydrogens (tertiary/aromatic N) is 4. The van der Waals surface area contributed by atoms with E-state index in [-0.39, 0.29) is 6.03 Å². The molecule has 2 amide bonds. The first-order valence-corrected chi connectivity index (χ1v) is 10.0. The molecule has 1 aliphatic rings. The largest absolute Gasteiger partial charge is 0.369 e. The van der Waals surface area contributed by atoms with E-state index in [4.69, 9.17) is 16.6 Å². The van der Waals surface area contributed by atoms with Gasteiger partial charge in [-0.1, -0.05) is 23.7 Å². The van der Waals surface area contributed by atoms with Crippen molar-refractivity contribution >= 4 is 34.8 Å². The minimum atomic E-state index is -0.215. The Morgan fingerprint density at radius 3 is 2.83 bits per heavy atom. The molecule has 3 heterocycles. The number of urea groups is 1. The molecule has 3 aromatic rings. The topological polar surface area (TPSA) is 61.4 Å². The maximum absolute atomic E-state index is 13.1. The van der Waals surface area contributed by atoms with Crippen LogP contribution in [0, 0.1) is 0 Å². The third kappa shape index (κ3) is 4.17. The highest BCUT2D eigenvalue weighted by atomic mass is 35.5. The number of anilines is 3. The lowest BCUT2D eigenvalue weighted by atomic mass is 10.1. The molecule has 0 unspecified atom stereocenters. The number of pyridine rings is 2. The second-order valence-corrected chi connectivity index (χ2v) is 7.24. The first-order valence-electron chi connectivity index (χ1n) is 9.66. The van der Waals surface area contributed by atoms with E-state index in [1.165, 1.54) is 0 Å². The van der Waals surface area contributed by atoms with E-state index in [0.717, 1.165) is 36.5 Å². The van der Waals surface area contributed by atoms with Gasteiger partial charge in [-0.25, -0.2) is 9.78 Å². The maximum atomic E-state index is 13.1. The summed E-state index contributed by atoms with van der Waals surface area (Å²) in [7, 11) is 0. The third-order valence-electron chi connectivity index (χ3n) is 4.92. The zero-order valence-electron chi connectivity index (χ0n) is 16.2. The summed E-state index contributed by atoms with van der Waals surface area (Å²) in [5, 5.41) is 3.58. The molecular formula is C22H22ClN5O. The van der Waals surface area contributed by atoms with Crippen molar-refractivity contribution in [3.05, 3.63) is 65.9 Å². The first-order chi connectivity index (χ1) is 14.2. The van der Waals surface area contributed by atoms with Crippen molar-refractivity contribution in [3.8, 4) is 11.3 Å². The number of aromatic nitrogens is 2. The van der Waals surface area contributed by atoms with Crippen LogP contribution in [0.15, 0.2) is 60.9 Å². The maximum Gasteiger partial charge on any atom is 0.327 e. The van der Waals surface area contributed by atoms with Crippen molar-refractivity contribution in [2.75, 3.05) is 34.8 Å². The predicted molar refractivity (Wildman–Crippen MR) is 118 cm³/mol. The predicted octanol–water partition coefficient (Wildman–Crippen LogP) is 5.07. The highest BCUT2D eigenvalue weighted by molar-refractivity contribution is 6.30. The van der Waals surface area contributed by atoms with Crippen LogP contribution in [0.2, 0.25) is 5.02 Å². The fraction of sp³-hybridized carbons (Fsp3) is 0.227. The Bertz CT molecular complexity index is 1010. The first kappa shape index (κ1) is 19.2. The smallest absolute Gasteiger partial charge is 0.327 e. The van der Waals surface area contributed by atoms with Crippen LogP contribution in [0.3, 0.4) is 0 Å². The number of benzene rings is 1. The van der Waals surface area contributed by atoms with E-state index in [1.54, 1.807) is 23.4 Å². The van der Waals surface area contributed by atoms with Gasteiger partial charge in [0.05, 0.1) is 23.3 Å². The minimum absolute atomic E-state index is 0.215. The number of fused-ring (bicyclic) bond motifs is 1. The summed E-state index contributed by atoms with van der Waals surface area (Å²) in [5.41, 5.74) is 3.31. The number of halogens is 1. The molecule has 4 rings (SSSR count). The molecule has 0 bridgehead atoms. The van der Waals surface area contributed by atoms with E-state index in [0.29, 0.717) is 23.1 Å². The van der Waals surface area contributed by atoms with Crippen molar-refractivity contribution in [1.82, 2.24) is 9.97 Å². The Morgan fingerprint density at radius 1 is 1.17 bits per heavy atom. The molecule has 2 aromatic heterocycles. The van der Waals surface area contributed by atoms with Crippen LogP contribution < -0.4 is 15.1 Å². The monoisotopic (exact) mass is 407 g/mol. The SMILES string of the molecule is CCN1CCCN(C(=O)Nc2cccnc2)c2nc(-c3cccc(Cl)c3)ccc21. The van der Waals surface area contributed by atoms with Crippen molar-refractivity contribution in [1.29, 1.82) is 0 Å². The van der Waals surface area contributed by atoms with Crippen molar-refractivity contribution in [2.45, 2.75) is 13.3 Å². The van der Waals surface area contributed by atoms with Crippen molar-refractivity contribution in [3.63, 3.8) is 0 Å². The normalized spacial score (nSPS) is 13.6. The molecule has 1 aromatic carbocycles. The van der Waals surface area contributed by atoms with Gasteiger partial charge in [-0.3, -0.25) is 9.88 Å². The lowest BCUT2D eigenvalue weighted by molar-refractivity contribution is 0.257. The van der Waals surface area contributed by atoms with Crippen LogP contribution in [0.4, 0.5) is 22.0 Å². The van der Waals surface area contributed by atoms with Gasteiger partial charge in [-0.15, -0.1) is 0 Å². The van der Waals surface area contributed by atoms with Gasteiger partial charge in [-0.05, 0) is 49.7 Å². The van der Waals surface area contributed by atoms with Gasteiger partial charge in [0.15, 0.2) is 5.82 Å². The minimum Gasteiger partial charge on any atom is -0.369 e. The average molecular weight is 408 g/mol. The second kappa shape index (κ2) is 8.49.